The number of nitrogens with one attached hydrogen (secondary N) is 1. The van der Waals surface area contributed by atoms with Crippen LogP contribution in [0.15, 0.2) is 40.8 Å². The monoisotopic (exact) mass is 311 g/mol. The minimum Gasteiger partial charge on any atom is -0.441 e. The van der Waals surface area contributed by atoms with Gasteiger partial charge in [-0.25, -0.2) is 0 Å². The predicted molar refractivity (Wildman–Crippen MR) is 90.6 cm³/mol. The molecule has 1 N–H and O–H groups in total. The zero-order chi connectivity index (χ0) is 15.6. The van der Waals surface area contributed by atoms with E-state index in [2.05, 4.69) is 21.2 Å². The number of hydrogen-bond acceptors (Lipinski definition) is 4. The Labute approximate surface area is 135 Å². The number of furan rings is 1. The van der Waals surface area contributed by atoms with Crippen molar-refractivity contribution in [2.75, 3.05) is 36.4 Å². The van der Waals surface area contributed by atoms with E-state index in [-0.39, 0.29) is 0 Å². The SMILES string of the molecule is O=CNc1ccc(-c2ccc(N3CCN4CCC3CC4)o2)cc1. The van der Waals surface area contributed by atoms with Crippen LogP contribution in [0.4, 0.5) is 11.6 Å². The number of carbonyl (C=O) groups excluding carboxylic acids is 1. The average molecular weight is 311 g/mol. The van der Waals surface area contributed by atoms with Crippen molar-refractivity contribution < 1.29 is 9.21 Å². The van der Waals surface area contributed by atoms with Crippen LogP contribution in [0.3, 0.4) is 0 Å². The number of fused-ring (bicyclic) bond motifs is 4. The van der Waals surface area contributed by atoms with E-state index in [1.807, 2.05) is 30.3 Å². The first-order chi connectivity index (χ1) is 11.3. The molecule has 5 rings (SSSR count). The number of piperidine rings is 1. The largest absolute Gasteiger partial charge is 0.441 e. The zero-order valence-electron chi connectivity index (χ0n) is 13.1. The number of anilines is 2. The molecule has 3 aliphatic rings. The van der Waals surface area contributed by atoms with Gasteiger partial charge in [-0.05, 0) is 43.2 Å². The maximum Gasteiger partial charge on any atom is 0.211 e. The van der Waals surface area contributed by atoms with E-state index in [1.165, 1.54) is 25.9 Å². The second kappa shape index (κ2) is 6.08. The van der Waals surface area contributed by atoms with Gasteiger partial charge < -0.3 is 19.5 Å². The molecule has 5 heteroatoms. The standard InChI is InChI=1S/C18H21N3O2/c22-13-19-15-3-1-14(2-4-15)17-5-6-18(23-17)21-12-11-20-9-7-16(21)8-10-20/h1-6,13,16H,7-12H2,(H,19,22). The van der Waals surface area contributed by atoms with Crippen LogP contribution in [0.2, 0.25) is 0 Å². The molecule has 4 heterocycles. The van der Waals surface area contributed by atoms with Gasteiger partial charge in [0.05, 0.1) is 0 Å². The number of nitrogens with zero attached hydrogens (tertiary/aromatic N) is 2. The van der Waals surface area contributed by atoms with Gasteiger partial charge in [0.15, 0.2) is 5.88 Å². The van der Waals surface area contributed by atoms with Gasteiger partial charge in [0.2, 0.25) is 6.41 Å². The highest BCUT2D eigenvalue weighted by Gasteiger charge is 2.30. The molecule has 0 saturated carbocycles. The molecule has 0 radical (unpaired) electrons. The summed E-state index contributed by atoms with van der Waals surface area (Å²) in [5, 5.41) is 2.64. The lowest BCUT2D eigenvalue weighted by atomic mass is 10.1. The highest BCUT2D eigenvalue weighted by Crippen LogP contribution is 2.32. The van der Waals surface area contributed by atoms with E-state index in [4.69, 9.17) is 4.42 Å². The van der Waals surface area contributed by atoms with Crippen LogP contribution in [0.1, 0.15) is 12.8 Å². The molecule has 3 fully saturated rings. The summed E-state index contributed by atoms with van der Waals surface area (Å²) in [5.74, 6) is 1.85. The summed E-state index contributed by atoms with van der Waals surface area (Å²) in [6, 6.07) is 12.4. The molecule has 2 bridgehead atoms. The summed E-state index contributed by atoms with van der Waals surface area (Å²) >= 11 is 0. The van der Waals surface area contributed by atoms with Crippen LogP contribution in [0.5, 0.6) is 0 Å². The van der Waals surface area contributed by atoms with Crippen LogP contribution >= 0.6 is 0 Å². The minimum absolute atomic E-state index is 0.604. The third kappa shape index (κ3) is 2.84. The number of carbonyl (C=O) groups is 1. The molecule has 3 saturated heterocycles. The maximum atomic E-state index is 10.5. The average Bonchev–Trinajstić information content (AvgIpc) is 2.88. The Morgan fingerprint density at radius 2 is 1.78 bits per heavy atom. The lowest BCUT2D eigenvalue weighted by molar-refractivity contribution is -0.105. The molecule has 1 amide bonds. The Bertz CT molecular complexity index is 672. The van der Waals surface area contributed by atoms with Crippen LogP contribution < -0.4 is 10.2 Å². The second-order valence-electron chi connectivity index (χ2n) is 6.24. The van der Waals surface area contributed by atoms with Gasteiger partial charge in [0.25, 0.3) is 0 Å². The first-order valence-electron chi connectivity index (χ1n) is 8.23. The molecule has 23 heavy (non-hydrogen) atoms. The summed E-state index contributed by atoms with van der Waals surface area (Å²) < 4.78 is 6.13. The summed E-state index contributed by atoms with van der Waals surface area (Å²) in [7, 11) is 0. The van der Waals surface area contributed by atoms with Gasteiger partial charge in [-0.3, -0.25) is 4.79 Å². The maximum absolute atomic E-state index is 10.5. The minimum atomic E-state index is 0.604. The zero-order valence-corrected chi connectivity index (χ0v) is 13.1. The second-order valence-corrected chi connectivity index (χ2v) is 6.24. The normalized spacial score (nSPS) is 23.6. The molecular weight excluding hydrogens is 290 g/mol. The van der Waals surface area contributed by atoms with E-state index in [9.17, 15) is 4.79 Å². The summed E-state index contributed by atoms with van der Waals surface area (Å²) in [6.45, 7) is 4.58. The van der Waals surface area contributed by atoms with Gasteiger partial charge in [0, 0.05) is 49.5 Å². The summed E-state index contributed by atoms with van der Waals surface area (Å²) in [6.07, 6.45) is 3.13. The predicted octanol–water partition coefficient (Wildman–Crippen LogP) is 2.80. The number of benzene rings is 1. The Morgan fingerprint density at radius 3 is 2.52 bits per heavy atom. The first kappa shape index (κ1) is 14.3. The first-order valence-corrected chi connectivity index (χ1v) is 8.23. The Morgan fingerprint density at radius 1 is 1.00 bits per heavy atom. The van der Waals surface area contributed by atoms with E-state index >= 15 is 0 Å². The topological polar surface area (TPSA) is 48.7 Å². The third-order valence-electron chi connectivity index (χ3n) is 4.92. The van der Waals surface area contributed by atoms with Crippen LogP contribution in [0, 0.1) is 0 Å². The molecule has 5 nitrogen and oxygen atoms in total. The summed E-state index contributed by atoms with van der Waals surface area (Å²) in [4.78, 5) is 15.4. The fourth-order valence-electron chi connectivity index (χ4n) is 3.61. The van der Waals surface area contributed by atoms with Gasteiger partial charge in [-0.2, -0.15) is 0 Å². The lowest BCUT2D eigenvalue weighted by Crippen LogP contribution is -2.37. The van der Waals surface area contributed by atoms with E-state index < -0.39 is 0 Å². The number of amides is 1. The number of rotatable bonds is 4. The molecular formula is C18H21N3O2. The van der Waals surface area contributed by atoms with Crippen LogP contribution in [-0.2, 0) is 4.79 Å². The van der Waals surface area contributed by atoms with Crippen molar-refractivity contribution in [1.82, 2.24) is 4.90 Å². The van der Waals surface area contributed by atoms with Gasteiger partial charge in [-0.1, -0.05) is 0 Å². The Kier molecular flexibility index (Phi) is 3.79. The van der Waals surface area contributed by atoms with E-state index in [0.717, 1.165) is 36.0 Å². The van der Waals surface area contributed by atoms with Gasteiger partial charge in [0.1, 0.15) is 5.76 Å². The molecule has 0 unspecified atom stereocenters. The molecule has 0 spiro atoms. The van der Waals surface area contributed by atoms with Gasteiger partial charge >= 0.3 is 0 Å². The van der Waals surface area contributed by atoms with Gasteiger partial charge in [-0.15, -0.1) is 0 Å². The molecule has 3 aliphatic heterocycles. The quantitative estimate of drug-likeness (QED) is 0.882. The molecule has 0 aliphatic carbocycles. The molecule has 1 aromatic heterocycles. The number of hydrogen-bond donors (Lipinski definition) is 1. The smallest absolute Gasteiger partial charge is 0.211 e. The van der Waals surface area contributed by atoms with Crippen molar-refractivity contribution in [2.24, 2.45) is 0 Å². The van der Waals surface area contributed by atoms with Crippen molar-refractivity contribution in [3.8, 4) is 11.3 Å². The Hall–Kier alpha value is -2.27. The fraction of sp³-hybridized carbons (Fsp3) is 0.389. The van der Waals surface area contributed by atoms with Crippen molar-refractivity contribution in [2.45, 2.75) is 18.9 Å². The van der Waals surface area contributed by atoms with E-state index in [0.29, 0.717) is 12.5 Å². The highest BCUT2D eigenvalue weighted by molar-refractivity contribution is 5.73. The molecule has 120 valence electrons. The molecule has 1 aromatic carbocycles. The van der Waals surface area contributed by atoms with Crippen molar-refractivity contribution in [3.63, 3.8) is 0 Å². The summed E-state index contributed by atoms with van der Waals surface area (Å²) in [5.41, 5.74) is 1.81. The van der Waals surface area contributed by atoms with Crippen molar-refractivity contribution in [1.29, 1.82) is 0 Å². The Balaban J connectivity index is 1.55. The lowest BCUT2D eigenvalue weighted by Gasteiger charge is -2.31. The molecule has 2 aromatic rings. The van der Waals surface area contributed by atoms with Crippen LogP contribution in [-0.4, -0.2) is 43.5 Å². The van der Waals surface area contributed by atoms with Crippen molar-refractivity contribution in [3.05, 3.63) is 36.4 Å². The van der Waals surface area contributed by atoms with E-state index in [1.54, 1.807) is 0 Å². The fourth-order valence-corrected chi connectivity index (χ4v) is 3.61. The van der Waals surface area contributed by atoms with Crippen LogP contribution in [0.25, 0.3) is 11.3 Å². The highest BCUT2D eigenvalue weighted by atomic mass is 16.4. The van der Waals surface area contributed by atoms with Crippen molar-refractivity contribution >= 4 is 18.0 Å². The molecule has 0 atom stereocenters. The third-order valence-corrected chi connectivity index (χ3v) is 4.92.